The Labute approximate surface area is 149 Å². The molecule has 0 bridgehead atoms. The number of hydrogen-bond donors (Lipinski definition) is 1. The quantitative estimate of drug-likeness (QED) is 0.817. The van der Waals surface area contributed by atoms with Crippen molar-refractivity contribution < 1.29 is 31.1 Å². The molecule has 1 N–H and O–H groups in total. The summed E-state index contributed by atoms with van der Waals surface area (Å²) in [4.78, 5) is -0.265. The van der Waals surface area contributed by atoms with Crippen LogP contribution in [0.3, 0.4) is 0 Å². The highest BCUT2D eigenvalue weighted by molar-refractivity contribution is 7.89. The standard InChI is InChI=1S/C17H18F3NO4S/c1-11(15-10-13(24-2)6-9-16(15)25-3)21-26(22,23)14-7-4-12(5-8-14)17(18,19)20/h4-11,21H,1-3H3. The number of methoxy groups -OCH3 is 2. The van der Waals surface area contributed by atoms with Crippen molar-refractivity contribution >= 4 is 10.0 Å². The zero-order chi connectivity index (χ0) is 19.5. The van der Waals surface area contributed by atoms with Crippen LogP contribution in [0.15, 0.2) is 47.4 Å². The van der Waals surface area contributed by atoms with Crippen molar-refractivity contribution in [1.29, 1.82) is 0 Å². The van der Waals surface area contributed by atoms with E-state index in [0.29, 0.717) is 17.1 Å². The molecule has 0 radical (unpaired) electrons. The number of ether oxygens (including phenoxy) is 2. The fraction of sp³-hybridized carbons (Fsp3) is 0.294. The molecule has 1 atom stereocenters. The Kier molecular flexibility index (Phi) is 5.82. The Bertz CT molecular complexity index is 865. The van der Waals surface area contributed by atoms with E-state index in [1.54, 1.807) is 25.1 Å². The highest BCUT2D eigenvalue weighted by atomic mass is 32.2. The van der Waals surface area contributed by atoms with E-state index < -0.39 is 27.8 Å². The lowest BCUT2D eigenvalue weighted by Crippen LogP contribution is -2.27. The summed E-state index contributed by atoms with van der Waals surface area (Å²) in [7, 11) is -1.11. The highest BCUT2D eigenvalue weighted by Crippen LogP contribution is 2.32. The first kappa shape index (κ1) is 20.1. The lowest BCUT2D eigenvalue weighted by molar-refractivity contribution is -0.137. The molecule has 2 aromatic rings. The minimum Gasteiger partial charge on any atom is -0.497 e. The molecule has 5 nitrogen and oxygen atoms in total. The van der Waals surface area contributed by atoms with Crippen molar-refractivity contribution in [1.82, 2.24) is 4.72 Å². The third-order valence-corrected chi connectivity index (χ3v) is 5.28. The van der Waals surface area contributed by atoms with Gasteiger partial charge in [0.1, 0.15) is 11.5 Å². The van der Waals surface area contributed by atoms with Crippen LogP contribution in [0.5, 0.6) is 11.5 Å². The number of hydrogen-bond acceptors (Lipinski definition) is 4. The summed E-state index contributed by atoms with van der Waals surface area (Å²) >= 11 is 0. The van der Waals surface area contributed by atoms with Gasteiger partial charge < -0.3 is 9.47 Å². The van der Waals surface area contributed by atoms with E-state index in [4.69, 9.17) is 9.47 Å². The predicted octanol–water partition coefficient (Wildman–Crippen LogP) is 3.76. The Hall–Kier alpha value is -2.26. The van der Waals surface area contributed by atoms with Crippen molar-refractivity contribution in [2.45, 2.75) is 24.0 Å². The third kappa shape index (κ3) is 4.47. The number of sulfonamides is 1. The summed E-state index contributed by atoms with van der Waals surface area (Å²) in [5, 5.41) is 0. The van der Waals surface area contributed by atoms with Gasteiger partial charge in [0.2, 0.25) is 10.0 Å². The minimum atomic E-state index is -4.53. The molecule has 2 aromatic carbocycles. The zero-order valence-electron chi connectivity index (χ0n) is 14.3. The van der Waals surface area contributed by atoms with Crippen molar-refractivity contribution in [3.05, 3.63) is 53.6 Å². The molecule has 0 heterocycles. The largest absolute Gasteiger partial charge is 0.497 e. The summed E-state index contributed by atoms with van der Waals surface area (Å²) in [6.45, 7) is 1.60. The molecule has 0 aliphatic heterocycles. The summed E-state index contributed by atoms with van der Waals surface area (Å²) in [6, 6.07) is 7.51. The van der Waals surface area contributed by atoms with Gasteiger partial charge in [-0.2, -0.15) is 13.2 Å². The Morgan fingerprint density at radius 3 is 2.12 bits per heavy atom. The first-order valence-electron chi connectivity index (χ1n) is 7.50. The maximum atomic E-state index is 12.6. The topological polar surface area (TPSA) is 64.6 Å². The molecule has 0 fully saturated rings. The molecule has 0 aliphatic rings. The van der Waals surface area contributed by atoms with Gasteiger partial charge >= 0.3 is 6.18 Å². The molecular formula is C17H18F3NO4S. The van der Waals surface area contributed by atoms with Gasteiger partial charge in [-0.3, -0.25) is 0 Å². The van der Waals surface area contributed by atoms with E-state index in [1.165, 1.54) is 14.2 Å². The van der Waals surface area contributed by atoms with Gasteiger partial charge in [-0.25, -0.2) is 13.1 Å². The van der Waals surface area contributed by atoms with Crippen LogP contribution >= 0.6 is 0 Å². The second-order valence-corrected chi connectivity index (χ2v) is 7.19. The summed E-state index contributed by atoms with van der Waals surface area (Å²) < 4.78 is 75.5. The Morgan fingerprint density at radius 1 is 1.00 bits per heavy atom. The van der Waals surface area contributed by atoms with Crippen LogP contribution < -0.4 is 14.2 Å². The molecule has 2 rings (SSSR count). The minimum absolute atomic E-state index is 0.265. The molecule has 0 saturated carbocycles. The first-order chi connectivity index (χ1) is 12.1. The van der Waals surface area contributed by atoms with Gasteiger partial charge in [0, 0.05) is 11.6 Å². The van der Waals surface area contributed by atoms with Crippen LogP contribution in [0.1, 0.15) is 24.1 Å². The van der Waals surface area contributed by atoms with Gasteiger partial charge in [-0.15, -0.1) is 0 Å². The van der Waals surface area contributed by atoms with E-state index in [9.17, 15) is 21.6 Å². The van der Waals surface area contributed by atoms with E-state index in [0.717, 1.165) is 24.3 Å². The van der Waals surface area contributed by atoms with Gasteiger partial charge in [0.15, 0.2) is 0 Å². The number of benzene rings is 2. The van der Waals surface area contributed by atoms with Crippen molar-refractivity contribution in [3.63, 3.8) is 0 Å². The van der Waals surface area contributed by atoms with Crippen LogP contribution in [0.4, 0.5) is 13.2 Å². The average molecular weight is 389 g/mol. The van der Waals surface area contributed by atoms with Crippen molar-refractivity contribution in [2.24, 2.45) is 0 Å². The third-order valence-electron chi connectivity index (χ3n) is 3.73. The Balaban J connectivity index is 2.29. The lowest BCUT2D eigenvalue weighted by Gasteiger charge is -2.18. The molecule has 0 amide bonds. The fourth-order valence-electron chi connectivity index (χ4n) is 2.37. The molecule has 142 valence electrons. The van der Waals surface area contributed by atoms with Crippen molar-refractivity contribution in [3.8, 4) is 11.5 Å². The number of rotatable bonds is 6. The summed E-state index contributed by atoms with van der Waals surface area (Å²) in [5.41, 5.74) is -0.388. The average Bonchev–Trinajstić information content (AvgIpc) is 2.60. The molecule has 1 unspecified atom stereocenters. The van der Waals surface area contributed by atoms with Crippen LogP contribution in [0.25, 0.3) is 0 Å². The number of halogens is 3. The van der Waals surface area contributed by atoms with Crippen LogP contribution in [-0.4, -0.2) is 22.6 Å². The number of alkyl halides is 3. The highest BCUT2D eigenvalue weighted by Gasteiger charge is 2.31. The van der Waals surface area contributed by atoms with Crippen LogP contribution in [0.2, 0.25) is 0 Å². The normalized spacial score (nSPS) is 13.3. The second kappa shape index (κ2) is 7.55. The van der Waals surface area contributed by atoms with E-state index in [-0.39, 0.29) is 4.90 Å². The fourth-order valence-corrected chi connectivity index (χ4v) is 3.59. The van der Waals surface area contributed by atoms with Crippen LogP contribution in [-0.2, 0) is 16.2 Å². The number of nitrogens with one attached hydrogen (secondary N) is 1. The van der Waals surface area contributed by atoms with Gasteiger partial charge in [-0.1, -0.05) is 0 Å². The summed E-state index contributed by atoms with van der Waals surface area (Å²) in [5.74, 6) is 0.967. The molecule has 26 heavy (non-hydrogen) atoms. The van der Waals surface area contributed by atoms with Gasteiger partial charge in [0.05, 0.1) is 24.7 Å². The van der Waals surface area contributed by atoms with E-state index >= 15 is 0 Å². The maximum absolute atomic E-state index is 12.6. The molecule has 0 saturated heterocycles. The predicted molar refractivity (Wildman–Crippen MR) is 89.7 cm³/mol. The van der Waals surface area contributed by atoms with E-state index in [1.807, 2.05) is 0 Å². The molecule has 0 aromatic heterocycles. The van der Waals surface area contributed by atoms with E-state index in [2.05, 4.69) is 4.72 Å². The van der Waals surface area contributed by atoms with Gasteiger partial charge in [0.25, 0.3) is 0 Å². The Morgan fingerprint density at radius 2 is 1.62 bits per heavy atom. The van der Waals surface area contributed by atoms with Crippen molar-refractivity contribution in [2.75, 3.05) is 14.2 Å². The lowest BCUT2D eigenvalue weighted by atomic mass is 10.1. The SMILES string of the molecule is COc1ccc(OC)c(C(C)NS(=O)(=O)c2ccc(C(F)(F)F)cc2)c1. The maximum Gasteiger partial charge on any atom is 0.416 e. The van der Waals surface area contributed by atoms with Crippen LogP contribution in [0, 0.1) is 0 Å². The smallest absolute Gasteiger partial charge is 0.416 e. The first-order valence-corrected chi connectivity index (χ1v) is 8.98. The monoisotopic (exact) mass is 389 g/mol. The zero-order valence-corrected chi connectivity index (χ0v) is 15.1. The second-order valence-electron chi connectivity index (χ2n) is 5.47. The molecule has 9 heteroatoms. The molecule has 0 spiro atoms. The van der Waals surface area contributed by atoms with Gasteiger partial charge in [-0.05, 0) is 49.4 Å². The molecule has 0 aliphatic carbocycles. The molecular weight excluding hydrogens is 371 g/mol. The summed E-state index contributed by atoms with van der Waals surface area (Å²) in [6.07, 6.45) is -4.53.